The van der Waals surface area contributed by atoms with Crippen molar-refractivity contribution in [2.45, 2.75) is 23.7 Å². The van der Waals surface area contributed by atoms with Crippen molar-refractivity contribution in [2.75, 3.05) is 34.4 Å². The third-order valence-corrected chi connectivity index (χ3v) is 7.92. The molecule has 1 unspecified atom stereocenters. The third kappa shape index (κ3) is 4.50. The van der Waals surface area contributed by atoms with E-state index in [1.807, 2.05) is 0 Å². The number of rotatable bonds is 7. The highest BCUT2D eigenvalue weighted by Crippen LogP contribution is 2.41. The molecule has 0 saturated carbocycles. The molecule has 1 saturated heterocycles. The molecule has 0 bridgehead atoms. The van der Waals surface area contributed by atoms with Crippen molar-refractivity contribution >= 4 is 21.6 Å². The van der Waals surface area contributed by atoms with Gasteiger partial charge in [0.05, 0.1) is 32.3 Å². The second-order valence-corrected chi connectivity index (χ2v) is 9.82. The predicted octanol–water partition coefficient (Wildman–Crippen LogP) is 3.98. The fourth-order valence-electron chi connectivity index (χ4n) is 3.88. The number of nitrogens with zero attached hydrogens (tertiary/aromatic N) is 3. The Balaban J connectivity index is 1.60. The summed E-state index contributed by atoms with van der Waals surface area (Å²) < 4.78 is 49.4. The number of benzene rings is 2. The van der Waals surface area contributed by atoms with Crippen molar-refractivity contribution < 1.29 is 27.2 Å². The summed E-state index contributed by atoms with van der Waals surface area (Å²) in [7, 11) is 0.839. The van der Waals surface area contributed by atoms with Crippen LogP contribution in [0.4, 0.5) is 0 Å². The van der Waals surface area contributed by atoms with Gasteiger partial charge in [-0.1, -0.05) is 28.9 Å². The SMILES string of the molecule is COc1cc(-c2noc(C3CCCN(S(=O)(=O)c4ccccc4Cl)C3)n2)cc(OC)c1OC. The van der Waals surface area contributed by atoms with E-state index in [9.17, 15) is 8.42 Å². The molecular weight excluding hydrogens is 470 g/mol. The standard InChI is InChI=1S/C22H24ClN3O6S/c1-29-17-11-15(12-18(30-2)20(17)31-3)21-24-22(32-25-21)14-7-6-10-26(13-14)33(27,28)19-9-5-4-8-16(19)23/h4-5,8-9,11-12,14H,6-7,10,13H2,1-3H3. The highest BCUT2D eigenvalue weighted by molar-refractivity contribution is 7.89. The first-order chi connectivity index (χ1) is 15.9. The Kier molecular flexibility index (Phi) is 6.78. The van der Waals surface area contributed by atoms with Gasteiger partial charge in [0.25, 0.3) is 0 Å². The minimum absolute atomic E-state index is 0.0935. The monoisotopic (exact) mass is 493 g/mol. The van der Waals surface area contributed by atoms with Crippen molar-refractivity contribution in [2.24, 2.45) is 0 Å². The molecule has 1 fully saturated rings. The van der Waals surface area contributed by atoms with Crippen molar-refractivity contribution in [3.8, 4) is 28.6 Å². The summed E-state index contributed by atoms with van der Waals surface area (Å²) in [6.07, 6.45) is 1.39. The minimum atomic E-state index is -3.74. The van der Waals surface area contributed by atoms with Crippen LogP contribution in [0.25, 0.3) is 11.4 Å². The molecule has 1 aliphatic heterocycles. The Hall–Kier alpha value is -2.82. The molecule has 2 aromatic carbocycles. The molecule has 0 aliphatic carbocycles. The second-order valence-electron chi connectivity index (χ2n) is 7.50. The number of hydrogen-bond acceptors (Lipinski definition) is 8. The first-order valence-electron chi connectivity index (χ1n) is 10.3. The van der Waals surface area contributed by atoms with Gasteiger partial charge in [0.1, 0.15) is 4.90 Å². The summed E-state index contributed by atoms with van der Waals surface area (Å²) in [5.74, 6) is 1.87. The van der Waals surface area contributed by atoms with Crippen molar-refractivity contribution in [3.63, 3.8) is 0 Å². The summed E-state index contributed by atoms with van der Waals surface area (Å²) in [6.45, 7) is 0.627. The maximum atomic E-state index is 13.1. The van der Waals surface area contributed by atoms with Gasteiger partial charge < -0.3 is 18.7 Å². The van der Waals surface area contributed by atoms with Crippen LogP contribution in [0.3, 0.4) is 0 Å². The molecule has 4 rings (SSSR count). The smallest absolute Gasteiger partial charge is 0.244 e. The van der Waals surface area contributed by atoms with Crippen LogP contribution >= 0.6 is 11.6 Å². The zero-order valence-corrected chi connectivity index (χ0v) is 20.0. The van der Waals surface area contributed by atoms with E-state index in [-0.39, 0.29) is 22.4 Å². The first kappa shape index (κ1) is 23.3. The lowest BCUT2D eigenvalue weighted by atomic mass is 10.00. The lowest BCUT2D eigenvalue weighted by molar-refractivity contribution is 0.265. The first-order valence-corrected chi connectivity index (χ1v) is 12.1. The number of piperidine rings is 1. The van der Waals surface area contributed by atoms with E-state index in [2.05, 4.69) is 10.1 Å². The molecule has 1 atom stereocenters. The van der Waals surface area contributed by atoms with E-state index < -0.39 is 10.0 Å². The highest BCUT2D eigenvalue weighted by atomic mass is 35.5. The van der Waals surface area contributed by atoms with Crippen molar-refractivity contribution in [3.05, 3.63) is 47.3 Å². The van der Waals surface area contributed by atoms with E-state index in [1.165, 1.54) is 31.7 Å². The number of methoxy groups -OCH3 is 3. The second kappa shape index (κ2) is 9.58. The van der Waals surface area contributed by atoms with E-state index in [1.54, 1.807) is 30.3 Å². The molecule has 0 spiro atoms. The lowest BCUT2D eigenvalue weighted by Crippen LogP contribution is -2.39. The largest absolute Gasteiger partial charge is 0.493 e. The summed E-state index contributed by atoms with van der Waals surface area (Å²) in [6, 6.07) is 9.88. The van der Waals surface area contributed by atoms with E-state index >= 15 is 0 Å². The number of halogens is 1. The Labute approximate surface area is 197 Å². The number of aromatic nitrogens is 2. The van der Waals surface area contributed by atoms with E-state index in [0.717, 1.165) is 6.42 Å². The lowest BCUT2D eigenvalue weighted by Gasteiger charge is -2.30. The quantitative estimate of drug-likeness (QED) is 0.486. The summed E-state index contributed by atoms with van der Waals surface area (Å²) in [4.78, 5) is 4.63. The zero-order valence-electron chi connectivity index (χ0n) is 18.4. The number of hydrogen-bond donors (Lipinski definition) is 0. The van der Waals surface area contributed by atoms with Crippen molar-refractivity contribution in [1.82, 2.24) is 14.4 Å². The van der Waals surface area contributed by atoms with Crippen LogP contribution in [0.2, 0.25) is 5.02 Å². The fourth-order valence-corrected chi connectivity index (χ4v) is 5.90. The van der Waals surface area contributed by atoms with Crippen LogP contribution in [0.5, 0.6) is 17.2 Å². The van der Waals surface area contributed by atoms with Crippen LogP contribution in [0.15, 0.2) is 45.8 Å². The Morgan fingerprint density at radius 1 is 1.09 bits per heavy atom. The van der Waals surface area contributed by atoms with Gasteiger partial charge in [0, 0.05) is 18.7 Å². The van der Waals surface area contributed by atoms with Crippen LogP contribution in [-0.2, 0) is 10.0 Å². The van der Waals surface area contributed by atoms with E-state index in [0.29, 0.717) is 47.5 Å². The molecule has 11 heteroatoms. The highest BCUT2D eigenvalue weighted by Gasteiger charge is 2.34. The molecule has 2 heterocycles. The molecular formula is C22H24ClN3O6S. The molecule has 0 radical (unpaired) electrons. The van der Waals surface area contributed by atoms with Gasteiger partial charge >= 0.3 is 0 Å². The van der Waals surface area contributed by atoms with Gasteiger partial charge in [0.15, 0.2) is 11.5 Å². The van der Waals surface area contributed by atoms with Crippen molar-refractivity contribution in [1.29, 1.82) is 0 Å². The topological polar surface area (TPSA) is 104 Å². The average Bonchev–Trinajstić information content (AvgIpc) is 3.33. The molecule has 33 heavy (non-hydrogen) atoms. The van der Waals surface area contributed by atoms with Crippen LogP contribution in [0, 0.1) is 0 Å². The number of ether oxygens (including phenoxy) is 3. The van der Waals surface area contributed by atoms with Gasteiger partial charge in [-0.15, -0.1) is 0 Å². The zero-order chi connectivity index (χ0) is 23.6. The van der Waals surface area contributed by atoms with E-state index in [4.69, 9.17) is 30.3 Å². The van der Waals surface area contributed by atoms with Gasteiger partial charge in [0.2, 0.25) is 27.5 Å². The van der Waals surface area contributed by atoms with Gasteiger partial charge in [-0.3, -0.25) is 0 Å². The Morgan fingerprint density at radius 3 is 2.42 bits per heavy atom. The maximum Gasteiger partial charge on any atom is 0.244 e. The molecule has 3 aromatic rings. The summed E-state index contributed by atoms with van der Waals surface area (Å²) in [5, 5.41) is 4.30. The predicted molar refractivity (Wildman–Crippen MR) is 122 cm³/mol. The minimum Gasteiger partial charge on any atom is -0.493 e. The average molecular weight is 494 g/mol. The molecule has 9 nitrogen and oxygen atoms in total. The van der Waals surface area contributed by atoms with Gasteiger partial charge in [-0.25, -0.2) is 8.42 Å². The van der Waals surface area contributed by atoms with Crippen LogP contribution in [0.1, 0.15) is 24.7 Å². The molecule has 1 aliphatic rings. The van der Waals surface area contributed by atoms with Gasteiger partial charge in [-0.05, 0) is 37.1 Å². The summed E-state index contributed by atoms with van der Waals surface area (Å²) >= 11 is 6.15. The van der Waals surface area contributed by atoms with Crippen LogP contribution in [-0.4, -0.2) is 57.3 Å². The Bertz CT molecular complexity index is 1220. The number of sulfonamides is 1. The van der Waals surface area contributed by atoms with Gasteiger partial charge in [-0.2, -0.15) is 9.29 Å². The third-order valence-electron chi connectivity index (χ3n) is 5.55. The maximum absolute atomic E-state index is 13.1. The molecule has 0 N–H and O–H groups in total. The Morgan fingerprint density at radius 2 is 1.79 bits per heavy atom. The molecule has 0 amide bonds. The fraction of sp³-hybridized carbons (Fsp3) is 0.364. The molecule has 176 valence electrons. The normalized spacial score (nSPS) is 17.0. The summed E-state index contributed by atoms with van der Waals surface area (Å²) in [5.41, 5.74) is 0.621. The van der Waals surface area contributed by atoms with Crippen LogP contribution < -0.4 is 14.2 Å². The molecule has 1 aromatic heterocycles.